The molecule has 1 aromatic carbocycles. The quantitative estimate of drug-likeness (QED) is 0.729. The molecule has 0 spiro atoms. The molecule has 3 N–H and O–H groups in total. The van der Waals surface area contributed by atoms with Crippen molar-refractivity contribution in [1.29, 1.82) is 0 Å². The molecule has 1 aliphatic heterocycles. The number of aromatic nitrogens is 2. The second-order valence-electron chi connectivity index (χ2n) is 5.67. The molecule has 0 radical (unpaired) electrons. The van der Waals surface area contributed by atoms with Gasteiger partial charge in [0.15, 0.2) is 17.9 Å². The van der Waals surface area contributed by atoms with Gasteiger partial charge in [-0.3, -0.25) is 9.88 Å². The van der Waals surface area contributed by atoms with Gasteiger partial charge in [0.2, 0.25) is 0 Å². The molecule has 2 aromatic rings. The van der Waals surface area contributed by atoms with Crippen LogP contribution >= 0.6 is 0 Å². The number of ether oxygens (including phenoxy) is 2. The smallest absolute Gasteiger partial charge is 0.410 e. The predicted molar refractivity (Wildman–Crippen MR) is 86.1 cm³/mol. The number of aliphatic hydroxyl groups excluding tert-OH is 2. The van der Waals surface area contributed by atoms with Crippen LogP contribution < -0.4 is 15.7 Å². The molecule has 0 unspecified atom stereocenters. The molecule has 9 nitrogen and oxygen atoms in total. The van der Waals surface area contributed by atoms with Crippen molar-refractivity contribution in [3.05, 3.63) is 52.8 Å². The first-order chi connectivity index (χ1) is 12.4. The van der Waals surface area contributed by atoms with Crippen molar-refractivity contribution in [2.45, 2.75) is 31.5 Å². The van der Waals surface area contributed by atoms with E-state index in [1.165, 1.54) is 19.1 Å². The van der Waals surface area contributed by atoms with Gasteiger partial charge >= 0.3 is 11.8 Å². The van der Waals surface area contributed by atoms with Gasteiger partial charge in [-0.2, -0.15) is 4.98 Å². The molecule has 26 heavy (non-hydrogen) atoms. The van der Waals surface area contributed by atoms with Crippen molar-refractivity contribution in [3.63, 3.8) is 0 Å². The minimum Gasteiger partial charge on any atom is -0.410 e. The number of para-hydroxylation sites is 1. The first-order valence-electron chi connectivity index (χ1n) is 7.71. The lowest BCUT2D eigenvalue weighted by Crippen LogP contribution is -2.36. The summed E-state index contributed by atoms with van der Waals surface area (Å²) in [5, 5.41) is 21.6. The largest absolute Gasteiger partial charge is 0.418 e. The van der Waals surface area contributed by atoms with E-state index in [2.05, 4.69) is 4.98 Å². The molecule has 2 heterocycles. The van der Waals surface area contributed by atoms with Gasteiger partial charge in [0, 0.05) is 0 Å². The summed E-state index contributed by atoms with van der Waals surface area (Å²) in [7, 11) is 0. The lowest BCUT2D eigenvalue weighted by molar-refractivity contribution is -0.0355. The van der Waals surface area contributed by atoms with Gasteiger partial charge < -0.3 is 19.7 Å². The Morgan fingerprint density at radius 3 is 2.62 bits per heavy atom. The molecule has 10 heteroatoms. The Bertz CT molecular complexity index is 859. The number of anilines is 1. The number of hydrogen-bond donors (Lipinski definition) is 3. The molecule has 138 valence electrons. The van der Waals surface area contributed by atoms with E-state index in [1.54, 1.807) is 18.2 Å². The van der Waals surface area contributed by atoms with E-state index in [1.807, 2.05) is 5.32 Å². The molecule has 0 bridgehead atoms. The number of carbonyl (C=O) groups is 1. The van der Waals surface area contributed by atoms with Gasteiger partial charge in [-0.05, 0) is 19.1 Å². The minimum atomic E-state index is -1.43. The highest BCUT2D eigenvalue weighted by Crippen LogP contribution is 2.28. The van der Waals surface area contributed by atoms with Crippen LogP contribution in [0, 0.1) is 5.82 Å². The average Bonchev–Trinajstić information content (AvgIpc) is 2.86. The Kier molecular flexibility index (Phi) is 4.98. The fourth-order valence-electron chi connectivity index (χ4n) is 2.49. The van der Waals surface area contributed by atoms with E-state index < -0.39 is 48.0 Å². The molecule has 1 saturated heterocycles. The highest BCUT2D eigenvalue weighted by Gasteiger charge is 2.42. The second kappa shape index (κ2) is 7.20. The minimum absolute atomic E-state index is 0.226. The van der Waals surface area contributed by atoms with Gasteiger partial charge in [0.1, 0.15) is 18.0 Å². The zero-order valence-electron chi connectivity index (χ0n) is 13.6. The maximum atomic E-state index is 14.2. The highest BCUT2D eigenvalue weighted by molar-refractivity contribution is 5.85. The van der Waals surface area contributed by atoms with Crippen molar-refractivity contribution in [1.82, 2.24) is 9.55 Å². The maximum Gasteiger partial charge on any atom is 0.418 e. The Hall–Kier alpha value is -2.82. The summed E-state index contributed by atoms with van der Waals surface area (Å²) in [4.78, 5) is 27.3. The summed E-state index contributed by atoms with van der Waals surface area (Å²) in [6, 6.07) is 8.05. The lowest BCUT2D eigenvalue weighted by Gasteiger charge is -2.17. The van der Waals surface area contributed by atoms with E-state index in [9.17, 15) is 24.2 Å². The zero-order chi connectivity index (χ0) is 18.8. The summed E-state index contributed by atoms with van der Waals surface area (Å²) in [6.45, 7) is 1.50. The molecular weight excluding hydrogens is 349 g/mol. The number of nitrogens with one attached hydrogen (secondary N) is 1. The van der Waals surface area contributed by atoms with Crippen molar-refractivity contribution in [2.24, 2.45) is 0 Å². The molecule has 3 rings (SSSR count). The fraction of sp³-hybridized carbons (Fsp3) is 0.312. The van der Waals surface area contributed by atoms with Gasteiger partial charge in [-0.15, -0.1) is 0 Å². The number of rotatable bonds is 3. The predicted octanol–water partition coefficient (Wildman–Crippen LogP) is 0.632. The van der Waals surface area contributed by atoms with E-state index >= 15 is 0 Å². The Labute approximate surface area is 146 Å². The van der Waals surface area contributed by atoms with Crippen LogP contribution in [0.2, 0.25) is 0 Å². The molecular formula is C16H16FN3O6. The van der Waals surface area contributed by atoms with Gasteiger partial charge in [0.25, 0.3) is 0 Å². The van der Waals surface area contributed by atoms with Crippen LogP contribution in [0.25, 0.3) is 0 Å². The van der Waals surface area contributed by atoms with Crippen molar-refractivity contribution in [3.8, 4) is 5.75 Å². The molecule has 1 fully saturated rings. The summed E-state index contributed by atoms with van der Waals surface area (Å²) in [5.41, 5.74) is -0.980. The molecule has 1 aromatic heterocycles. The monoisotopic (exact) mass is 365 g/mol. The number of hydrogen-bond acceptors (Lipinski definition) is 7. The van der Waals surface area contributed by atoms with Crippen LogP contribution in [0.5, 0.6) is 5.75 Å². The summed E-state index contributed by atoms with van der Waals surface area (Å²) in [6.07, 6.45) is -4.99. The standard InChI is InChI=1S/C16H16FN3O6/c1-8-11(21)12(22)14(25-8)20-7-10(17)13(18-15(20)23)19-16(24)26-9-5-3-2-4-6-9/h2-8,11-12,14,21-22H,1H3,(H,18,19,23,24)/t8-,11-,12-,14-/m0/s1. The lowest BCUT2D eigenvalue weighted by atomic mass is 10.1. The Morgan fingerprint density at radius 2 is 2.00 bits per heavy atom. The second-order valence-corrected chi connectivity index (χ2v) is 5.67. The van der Waals surface area contributed by atoms with Crippen LogP contribution in [0.4, 0.5) is 15.0 Å². The van der Waals surface area contributed by atoms with Gasteiger partial charge in [-0.1, -0.05) is 18.2 Å². The summed E-state index contributed by atoms with van der Waals surface area (Å²) >= 11 is 0. The topological polar surface area (TPSA) is 123 Å². The Balaban J connectivity index is 1.77. The number of aliphatic hydroxyl groups is 2. The van der Waals surface area contributed by atoms with Crippen molar-refractivity contribution < 1.29 is 28.9 Å². The van der Waals surface area contributed by atoms with E-state index in [0.717, 1.165) is 6.20 Å². The van der Waals surface area contributed by atoms with Crippen LogP contribution in [0.1, 0.15) is 13.2 Å². The molecule has 0 aliphatic carbocycles. The summed E-state index contributed by atoms with van der Waals surface area (Å²) < 4.78 is 25.1. The first kappa shape index (κ1) is 18.0. The SMILES string of the molecule is C[C@@H]1O[C@H](n2cc(F)c(NC(=O)Oc3ccccc3)nc2=O)[C@@H](O)[C@H]1O. The zero-order valence-corrected chi connectivity index (χ0v) is 13.6. The van der Waals surface area contributed by atoms with Crippen LogP contribution in [-0.2, 0) is 4.74 Å². The average molecular weight is 365 g/mol. The molecule has 1 amide bonds. The third kappa shape index (κ3) is 3.57. The summed E-state index contributed by atoms with van der Waals surface area (Å²) in [5.74, 6) is -1.45. The van der Waals surface area contributed by atoms with Crippen molar-refractivity contribution in [2.75, 3.05) is 5.32 Å². The highest BCUT2D eigenvalue weighted by atomic mass is 19.1. The van der Waals surface area contributed by atoms with E-state index in [-0.39, 0.29) is 5.75 Å². The third-order valence-corrected chi connectivity index (χ3v) is 3.83. The maximum absolute atomic E-state index is 14.2. The number of amides is 1. The molecule has 4 atom stereocenters. The number of benzene rings is 1. The number of nitrogens with zero attached hydrogens (tertiary/aromatic N) is 2. The fourth-order valence-corrected chi connectivity index (χ4v) is 2.49. The van der Waals surface area contributed by atoms with Crippen molar-refractivity contribution >= 4 is 11.9 Å². The number of halogens is 1. The Morgan fingerprint density at radius 1 is 1.31 bits per heavy atom. The van der Waals surface area contributed by atoms with E-state index in [0.29, 0.717) is 4.57 Å². The van der Waals surface area contributed by atoms with E-state index in [4.69, 9.17) is 9.47 Å². The normalized spacial score (nSPS) is 25.1. The van der Waals surface area contributed by atoms with Crippen LogP contribution in [-0.4, -0.2) is 44.2 Å². The van der Waals surface area contributed by atoms with Gasteiger partial charge in [0.05, 0.1) is 12.3 Å². The number of carbonyl (C=O) groups excluding carboxylic acids is 1. The van der Waals surface area contributed by atoms with Crippen LogP contribution in [0.3, 0.4) is 0 Å². The first-order valence-corrected chi connectivity index (χ1v) is 7.71. The van der Waals surface area contributed by atoms with Gasteiger partial charge in [-0.25, -0.2) is 14.0 Å². The van der Waals surface area contributed by atoms with Crippen LogP contribution in [0.15, 0.2) is 41.3 Å². The third-order valence-electron chi connectivity index (χ3n) is 3.83. The molecule has 1 aliphatic rings. The molecule has 0 saturated carbocycles.